The number of likely N-dealkylation sites (tertiary alicyclic amines) is 1. The van der Waals surface area contributed by atoms with E-state index < -0.39 is 0 Å². The highest BCUT2D eigenvalue weighted by molar-refractivity contribution is 6.30. The standard InChI is InChI=1S/C27H24ClN3O/c1-31-20-6-2-17(11-20)26(31)27-29-23-9-4-15(12-24(23)30-27)16-3-7-22-21-8-5-19(28)10-18(21)14-32-25(22)13-16/h3-5,7-10,12-13,17,20,26H,2,6,11,14H2,1H3,(H,29,30)/t17-,20?,26-/m0/s1. The van der Waals surface area contributed by atoms with Crippen molar-refractivity contribution in [2.24, 2.45) is 5.92 Å². The number of imidazole rings is 1. The molecule has 1 aromatic heterocycles. The fraction of sp³-hybridized carbons (Fsp3) is 0.296. The van der Waals surface area contributed by atoms with Crippen LogP contribution in [0.1, 0.15) is 36.7 Å². The fourth-order valence-corrected chi connectivity index (χ4v) is 6.31. The summed E-state index contributed by atoms with van der Waals surface area (Å²) in [5.74, 6) is 2.78. The van der Waals surface area contributed by atoms with E-state index >= 15 is 0 Å². The number of ether oxygens (including phenoxy) is 1. The third-order valence-electron chi connectivity index (χ3n) is 7.74. The van der Waals surface area contributed by atoms with Crippen LogP contribution in [0.15, 0.2) is 54.6 Å². The van der Waals surface area contributed by atoms with E-state index in [1.54, 1.807) is 0 Å². The van der Waals surface area contributed by atoms with Gasteiger partial charge in [-0.15, -0.1) is 0 Å². The molecule has 4 aromatic rings. The predicted octanol–water partition coefficient (Wildman–Crippen LogP) is 6.60. The van der Waals surface area contributed by atoms with Crippen LogP contribution in [0.25, 0.3) is 33.3 Å². The second kappa shape index (κ2) is 6.84. The number of rotatable bonds is 2. The molecule has 1 aliphatic carbocycles. The first-order valence-electron chi connectivity index (χ1n) is 11.4. The number of halogens is 1. The molecule has 4 nitrogen and oxygen atoms in total. The van der Waals surface area contributed by atoms with E-state index in [1.807, 2.05) is 12.1 Å². The van der Waals surface area contributed by atoms with E-state index in [0.717, 1.165) is 56.3 Å². The van der Waals surface area contributed by atoms with Crippen LogP contribution in [-0.2, 0) is 6.61 Å². The first-order chi connectivity index (χ1) is 15.6. The Bertz CT molecular complexity index is 1370. The van der Waals surface area contributed by atoms with Crippen molar-refractivity contribution in [1.29, 1.82) is 0 Å². The highest BCUT2D eigenvalue weighted by atomic mass is 35.5. The number of benzene rings is 3. The largest absolute Gasteiger partial charge is 0.488 e. The van der Waals surface area contributed by atoms with Crippen molar-refractivity contribution < 1.29 is 4.74 Å². The van der Waals surface area contributed by atoms with E-state index in [4.69, 9.17) is 21.3 Å². The fourth-order valence-electron chi connectivity index (χ4n) is 6.12. The monoisotopic (exact) mass is 441 g/mol. The maximum absolute atomic E-state index is 6.16. The van der Waals surface area contributed by atoms with Crippen molar-refractivity contribution in [2.45, 2.75) is 38.0 Å². The molecule has 1 saturated heterocycles. The predicted molar refractivity (Wildman–Crippen MR) is 128 cm³/mol. The van der Waals surface area contributed by atoms with Crippen LogP contribution >= 0.6 is 11.6 Å². The minimum Gasteiger partial charge on any atom is -0.488 e. The molecule has 2 fully saturated rings. The van der Waals surface area contributed by atoms with Crippen molar-refractivity contribution in [3.05, 3.63) is 71.0 Å². The zero-order valence-corrected chi connectivity index (χ0v) is 18.7. The van der Waals surface area contributed by atoms with Gasteiger partial charge < -0.3 is 9.72 Å². The summed E-state index contributed by atoms with van der Waals surface area (Å²) in [5, 5.41) is 0.747. The van der Waals surface area contributed by atoms with Crippen LogP contribution in [0.5, 0.6) is 5.75 Å². The minimum atomic E-state index is 0.426. The smallest absolute Gasteiger partial charge is 0.128 e. The molecule has 160 valence electrons. The Morgan fingerprint density at radius 1 is 1.00 bits per heavy atom. The molecule has 1 N–H and O–H groups in total. The summed E-state index contributed by atoms with van der Waals surface area (Å²) in [6.45, 7) is 0.548. The summed E-state index contributed by atoms with van der Waals surface area (Å²) in [6, 6.07) is 20.2. The molecule has 0 spiro atoms. The first-order valence-corrected chi connectivity index (χ1v) is 11.8. The van der Waals surface area contributed by atoms with Gasteiger partial charge >= 0.3 is 0 Å². The summed E-state index contributed by atoms with van der Waals surface area (Å²) in [5.41, 5.74) is 7.92. The lowest BCUT2D eigenvalue weighted by atomic mass is 9.94. The number of fused-ring (bicyclic) bond motifs is 6. The van der Waals surface area contributed by atoms with Crippen molar-refractivity contribution >= 4 is 22.6 Å². The van der Waals surface area contributed by atoms with E-state index in [2.05, 4.69) is 59.4 Å². The number of nitrogens with zero attached hydrogens (tertiary/aromatic N) is 2. The van der Waals surface area contributed by atoms with Crippen LogP contribution in [-0.4, -0.2) is 28.0 Å². The minimum absolute atomic E-state index is 0.426. The number of aromatic nitrogens is 2. The van der Waals surface area contributed by atoms with Gasteiger partial charge in [-0.3, -0.25) is 4.90 Å². The summed E-state index contributed by atoms with van der Waals surface area (Å²) >= 11 is 6.16. The van der Waals surface area contributed by atoms with Crippen LogP contribution in [0.2, 0.25) is 5.02 Å². The Morgan fingerprint density at radius 3 is 2.72 bits per heavy atom. The van der Waals surface area contributed by atoms with E-state index in [9.17, 15) is 0 Å². The van der Waals surface area contributed by atoms with Gasteiger partial charge in [0.05, 0.1) is 17.1 Å². The molecule has 0 radical (unpaired) electrons. The van der Waals surface area contributed by atoms with E-state index in [1.165, 1.54) is 30.4 Å². The average Bonchev–Trinajstić information content (AvgIpc) is 3.52. The maximum Gasteiger partial charge on any atom is 0.128 e. The molecule has 5 heteroatoms. The number of hydrogen-bond acceptors (Lipinski definition) is 3. The molecule has 3 heterocycles. The van der Waals surface area contributed by atoms with Crippen LogP contribution < -0.4 is 4.74 Å². The van der Waals surface area contributed by atoms with Gasteiger partial charge in [-0.25, -0.2) is 4.98 Å². The molecule has 0 amide bonds. The van der Waals surface area contributed by atoms with E-state index in [-0.39, 0.29) is 0 Å². The lowest BCUT2D eigenvalue weighted by Gasteiger charge is -2.30. The normalized spacial score (nSPS) is 23.9. The highest BCUT2D eigenvalue weighted by Gasteiger charge is 2.45. The molecule has 3 atom stereocenters. The topological polar surface area (TPSA) is 41.2 Å². The Kier molecular flexibility index (Phi) is 4.00. The second-order valence-corrected chi connectivity index (χ2v) is 9.93. The summed E-state index contributed by atoms with van der Waals surface area (Å²) in [6.07, 6.45) is 3.97. The summed E-state index contributed by atoms with van der Waals surface area (Å²) in [7, 11) is 2.26. The van der Waals surface area contributed by atoms with Crippen molar-refractivity contribution in [3.8, 4) is 28.0 Å². The Morgan fingerprint density at radius 2 is 1.84 bits per heavy atom. The van der Waals surface area contributed by atoms with Gasteiger partial charge in [0.2, 0.25) is 0 Å². The zero-order chi connectivity index (χ0) is 21.4. The number of piperidine rings is 1. The molecule has 2 aliphatic heterocycles. The van der Waals surface area contributed by atoms with Gasteiger partial charge in [-0.1, -0.05) is 35.9 Å². The average molecular weight is 442 g/mol. The SMILES string of the molecule is CN1C2CC[C@@H](C2)[C@H]1c1nc2ccc(-c3ccc4c(c3)OCc3cc(Cl)ccc3-4)cc2[nH]1. The van der Waals surface area contributed by atoms with Crippen molar-refractivity contribution in [2.75, 3.05) is 7.05 Å². The van der Waals surface area contributed by atoms with Gasteiger partial charge in [0, 0.05) is 16.6 Å². The molecule has 3 aliphatic rings. The number of aromatic amines is 1. The lowest BCUT2D eigenvalue weighted by Crippen LogP contribution is -2.31. The van der Waals surface area contributed by atoms with Gasteiger partial charge in [-0.05, 0) is 84.8 Å². The molecule has 7 rings (SSSR count). The number of hydrogen-bond donors (Lipinski definition) is 1. The third kappa shape index (κ3) is 2.76. The second-order valence-electron chi connectivity index (χ2n) is 9.49. The highest BCUT2D eigenvalue weighted by Crippen LogP contribution is 2.48. The Hall–Kier alpha value is -2.82. The molecule has 1 unspecified atom stereocenters. The maximum atomic E-state index is 6.16. The number of nitrogens with one attached hydrogen (secondary N) is 1. The van der Waals surface area contributed by atoms with Crippen LogP contribution in [0, 0.1) is 5.92 Å². The van der Waals surface area contributed by atoms with Gasteiger partial charge in [0.25, 0.3) is 0 Å². The third-order valence-corrected chi connectivity index (χ3v) is 7.98. The molecule has 3 aromatic carbocycles. The molecular formula is C27H24ClN3O. The quantitative estimate of drug-likeness (QED) is 0.381. The molecule has 32 heavy (non-hydrogen) atoms. The zero-order valence-electron chi connectivity index (χ0n) is 17.9. The van der Waals surface area contributed by atoms with Gasteiger partial charge in [0.15, 0.2) is 0 Å². The van der Waals surface area contributed by atoms with Crippen LogP contribution in [0.3, 0.4) is 0 Å². The Labute approximate surface area is 192 Å². The summed E-state index contributed by atoms with van der Waals surface area (Å²) in [4.78, 5) is 11.1. The van der Waals surface area contributed by atoms with Gasteiger partial charge in [0.1, 0.15) is 18.2 Å². The summed E-state index contributed by atoms with van der Waals surface area (Å²) < 4.78 is 6.08. The van der Waals surface area contributed by atoms with Crippen LogP contribution in [0.4, 0.5) is 0 Å². The van der Waals surface area contributed by atoms with E-state index in [0.29, 0.717) is 12.6 Å². The lowest BCUT2D eigenvalue weighted by molar-refractivity contribution is 0.171. The molecule has 2 bridgehead atoms. The molecule has 1 saturated carbocycles. The molecular weight excluding hydrogens is 418 g/mol. The Balaban J connectivity index is 1.25. The first kappa shape index (κ1) is 18.7. The van der Waals surface area contributed by atoms with Crippen molar-refractivity contribution in [1.82, 2.24) is 14.9 Å². The van der Waals surface area contributed by atoms with Crippen molar-refractivity contribution in [3.63, 3.8) is 0 Å². The van der Waals surface area contributed by atoms with Gasteiger partial charge in [-0.2, -0.15) is 0 Å². The number of H-pyrrole nitrogens is 1.